The van der Waals surface area contributed by atoms with Gasteiger partial charge >= 0.3 is 0 Å². The lowest BCUT2D eigenvalue weighted by molar-refractivity contribution is 0.558. The molecule has 0 aliphatic rings. The molecule has 0 N–H and O–H groups in total. The maximum absolute atomic E-state index is 4.80. The summed E-state index contributed by atoms with van der Waals surface area (Å²) in [5.41, 5.74) is 1.52. The predicted octanol–water partition coefficient (Wildman–Crippen LogP) is 1.54. The van der Waals surface area contributed by atoms with Gasteiger partial charge in [0.05, 0.1) is 5.69 Å². The summed E-state index contributed by atoms with van der Waals surface area (Å²) in [4.78, 5) is 8.00. The van der Waals surface area contributed by atoms with Gasteiger partial charge in [-0.05, 0) is 18.2 Å². The first kappa shape index (κ1) is 6.09. The van der Waals surface area contributed by atoms with E-state index < -0.39 is 0 Å². The summed E-state index contributed by atoms with van der Waals surface area (Å²) < 4.78 is 4.80. The molecule has 0 aliphatic heterocycles. The van der Waals surface area contributed by atoms with Crippen LogP contribution in [0, 0.1) is 6.07 Å². The van der Waals surface area contributed by atoms with Crippen LogP contribution >= 0.6 is 0 Å². The third-order valence-corrected chi connectivity index (χ3v) is 1.30. The van der Waals surface area contributed by atoms with Gasteiger partial charge in [-0.15, -0.1) is 0 Å². The van der Waals surface area contributed by atoms with E-state index in [2.05, 4.69) is 16.0 Å². The standard InChI is InChI=1S/C8H5N2O/c1-2-4-9-7(3-1)8-5-11-6-10-8/h2-6H. The normalized spacial score (nSPS) is 9.82. The van der Waals surface area contributed by atoms with Gasteiger partial charge in [0.25, 0.3) is 0 Å². The van der Waals surface area contributed by atoms with E-state index in [0.29, 0.717) is 0 Å². The highest BCUT2D eigenvalue weighted by atomic mass is 16.3. The van der Waals surface area contributed by atoms with Gasteiger partial charge in [0.15, 0.2) is 6.39 Å². The number of oxazole rings is 1. The number of pyridine rings is 1. The third kappa shape index (κ3) is 1.12. The van der Waals surface area contributed by atoms with Gasteiger partial charge in [-0.3, -0.25) is 4.98 Å². The van der Waals surface area contributed by atoms with Crippen molar-refractivity contribution in [1.29, 1.82) is 0 Å². The highest BCUT2D eigenvalue weighted by Gasteiger charge is 1.98. The SMILES string of the molecule is [c]1ccnc(-c2cocn2)c1. The average Bonchev–Trinajstić information content (AvgIpc) is 2.58. The molecular weight excluding hydrogens is 140 g/mol. The molecule has 0 aromatic carbocycles. The monoisotopic (exact) mass is 145 g/mol. The largest absolute Gasteiger partial charge is 0.451 e. The van der Waals surface area contributed by atoms with Gasteiger partial charge in [-0.1, -0.05) is 0 Å². The van der Waals surface area contributed by atoms with Crippen LogP contribution in [0.25, 0.3) is 11.4 Å². The smallest absolute Gasteiger partial charge is 0.181 e. The highest BCUT2D eigenvalue weighted by Crippen LogP contribution is 2.11. The molecule has 0 amide bonds. The van der Waals surface area contributed by atoms with Crippen LogP contribution in [0.2, 0.25) is 0 Å². The van der Waals surface area contributed by atoms with Gasteiger partial charge in [-0.2, -0.15) is 0 Å². The Hall–Kier alpha value is -1.64. The second-order valence-corrected chi connectivity index (χ2v) is 2.01. The van der Waals surface area contributed by atoms with Crippen LogP contribution in [0.15, 0.2) is 35.4 Å². The molecule has 1 radical (unpaired) electrons. The zero-order valence-electron chi connectivity index (χ0n) is 5.69. The molecule has 0 saturated heterocycles. The second kappa shape index (κ2) is 2.54. The highest BCUT2D eigenvalue weighted by molar-refractivity contribution is 5.50. The minimum absolute atomic E-state index is 0.738. The zero-order chi connectivity index (χ0) is 7.52. The minimum Gasteiger partial charge on any atom is -0.451 e. The molecule has 3 nitrogen and oxygen atoms in total. The summed E-state index contributed by atoms with van der Waals surface area (Å²) >= 11 is 0. The molecule has 2 rings (SSSR count). The summed E-state index contributed by atoms with van der Waals surface area (Å²) in [5.74, 6) is 0. The van der Waals surface area contributed by atoms with Crippen LogP contribution in [0.3, 0.4) is 0 Å². The summed E-state index contributed by atoms with van der Waals surface area (Å²) in [7, 11) is 0. The molecule has 3 heteroatoms. The van der Waals surface area contributed by atoms with Crippen LogP contribution in [-0.2, 0) is 0 Å². The third-order valence-electron chi connectivity index (χ3n) is 1.30. The Morgan fingerprint density at radius 3 is 2.91 bits per heavy atom. The Morgan fingerprint density at radius 2 is 2.27 bits per heavy atom. The van der Waals surface area contributed by atoms with Gasteiger partial charge in [-0.25, -0.2) is 4.98 Å². The molecule has 0 spiro atoms. The van der Waals surface area contributed by atoms with E-state index in [-0.39, 0.29) is 0 Å². The van der Waals surface area contributed by atoms with Crippen molar-refractivity contribution in [3.63, 3.8) is 0 Å². The number of nitrogens with zero attached hydrogens (tertiary/aromatic N) is 2. The van der Waals surface area contributed by atoms with E-state index in [1.165, 1.54) is 6.39 Å². The van der Waals surface area contributed by atoms with Crippen molar-refractivity contribution in [2.75, 3.05) is 0 Å². The van der Waals surface area contributed by atoms with E-state index in [0.717, 1.165) is 11.4 Å². The first-order valence-electron chi connectivity index (χ1n) is 3.17. The zero-order valence-corrected chi connectivity index (χ0v) is 5.69. The lowest BCUT2D eigenvalue weighted by Gasteiger charge is -1.89. The van der Waals surface area contributed by atoms with Gasteiger partial charge in [0.2, 0.25) is 0 Å². The summed E-state index contributed by atoms with van der Waals surface area (Å²) in [6, 6.07) is 6.41. The van der Waals surface area contributed by atoms with Crippen LogP contribution in [0.5, 0.6) is 0 Å². The summed E-state index contributed by atoms with van der Waals surface area (Å²) in [5, 5.41) is 0. The maximum Gasteiger partial charge on any atom is 0.181 e. The van der Waals surface area contributed by atoms with E-state index >= 15 is 0 Å². The lowest BCUT2D eigenvalue weighted by Crippen LogP contribution is -1.79. The fraction of sp³-hybridized carbons (Fsp3) is 0. The predicted molar refractivity (Wildman–Crippen MR) is 38.6 cm³/mol. The summed E-state index contributed by atoms with van der Waals surface area (Å²) in [6.07, 6.45) is 4.60. The Bertz CT molecular complexity index is 315. The Morgan fingerprint density at radius 1 is 1.27 bits per heavy atom. The molecule has 2 aromatic heterocycles. The van der Waals surface area contributed by atoms with E-state index in [1.807, 2.05) is 0 Å². The first-order chi connectivity index (χ1) is 5.47. The molecule has 0 aliphatic carbocycles. The molecule has 53 valence electrons. The van der Waals surface area contributed by atoms with Gasteiger partial charge in [0, 0.05) is 6.20 Å². The fourth-order valence-corrected chi connectivity index (χ4v) is 0.804. The van der Waals surface area contributed by atoms with Crippen molar-refractivity contribution in [1.82, 2.24) is 9.97 Å². The molecule has 11 heavy (non-hydrogen) atoms. The maximum atomic E-state index is 4.80. The Labute approximate surface area is 63.7 Å². The molecule has 0 saturated carbocycles. The van der Waals surface area contributed by atoms with Crippen molar-refractivity contribution in [3.05, 3.63) is 37.1 Å². The molecule has 0 atom stereocenters. The van der Waals surface area contributed by atoms with Gasteiger partial charge in [0.1, 0.15) is 12.0 Å². The Balaban J connectivity index is 2.46. The number of aromatic nitrogens is 2. The molecule has 0 bridgehead atoms. The van der Waals surface area contributed by atoms with Gasteiger partial charge < -0.3 is 4.42 Å². The molecular formula is C8H5N2O. The van der Waals surface area contributed by atoms with E-state index in [4.69, 9.17) is 4.42 Å². The number of rotatable bonds is 1. The molecule has 2 aromatic rings. The van der Waals surface area contributed by atoms with Crippen LogP contribution < -0.4 is 0 Å². The number of hydrogen-bond donors (Lipinski definition) is 0. The minimum atomic E-state index is 0.738. The lowest BCUT2D eigenvalue weighted by atomic mass is 10.3. The quantitative estimate of drug-likeness (QED) is 0.610. The average molecular weight is 145 g/mol. The van der Waals surface area contributed by atoms with Crippen LogP contribution in [-0.4, -0.2) is 9.97 Å². The topological polar surface area (TPSA) is 38.9 Å². The van der Waals surface area contributed by atoms with Crippen molar-refractivity contribution in [3.8, 4) is 11.4 Å². The molecule has 2 heterocycles. The van der Waals surface area contributed by atoms with Crippen molar-refractivity contribution in [2.45, 2.75) is 0 Å². The van der Waals surface area contributed by atoms with E-state index in [1.54, 1.807) is 24.6 Å². The van der Waals surface area contributed by atoms with Crippen molar-refractivity contribution in [2.24, 2.45) is 0 Å². The van der Waals surface area contributed by atoms with Crippen molar-refractivity contribution >= 4 is 0 Å². The molecule has 0 unspecified atom stereocenters. The summed E-state index contributed by atoms with van der Waals surface area (Å²) in [6.45, 7) is 0. The van der Waals surface area contributed by atoms with Crippen LogP contribution in [0.1, 0.15) is 0 Å². The first-order valence-corrected chi connectivity index (χ1v) is 3.17. The number of hydrogen-bond acceptors (Lipinski definition) is 3. The van der Waals surface area contributed by atoms with Crippen LogP contribution in [0.4, 0.5) is 0 Å². The van der Waals surface area contributed by atoms with Crippen molar-refractivity contribution < 1.29 is 4.42 Å². The fourth-order valence-electron chi connectivity index (χ4n) is 0.804. The second-order valence-electron chi connectivity index (χ2n) is 2.01. The molecule has 0 fully saturated rings. The Kier molecular flexibility index (Phi) is 1.41. The van der Waals surface area contributed by atoms with E-state index in [9.17, 15) is 0 Å².